The normalized spacial score (nSPS) is 18.0. The van der Waals surface area contributed by atoms with Crippen LogP contribution in [0.2, 0.25) is 5.02 Å². The van der Waals surface area contributed by atoms with Crippen molar-refractivity contribution in [2.45, 2.75) is 32.0 Å². The summed E-state index contributed by atoms with van der Waals surface area (Å²) in [6.45, 7) is 3.60. The minimum Gasteiger partial charge on any atom is -0.377 e. The van der Waals surface area contributed by atoms with Gasteiger partial charge in [-0.05, 0) is 36.4 Å². The predicted molar refractivity (Wildman–Crippen MR) is 97.6 cm³/mol. The summed E-state index contributed by atoms with van der Waals surface area (Å²) in [5, 5.41) is 2.85. The summed E-state index contributed by atoms with van der Waals surface area (Å²) in [6.07, 6.45) is 6.64. The molecule has 4 nitrogen and oxygen atoms in total. The molecule has 1 unspecified atom stereocenters. The second-order valence-corrected chi connectivity index (χ2v) is 7.70. The smallest absolute Gasteiger partial charge is 0.137 e. The maximum Gasteiger partial charge on any atom is 0.137 e. The molecule has 4 heterocycles. The van der Waals surface area contributed by atoms with Crippen LogP contribution >= 0.6 is 22.9 Å². The molecule has 4 rings (SSSR count). The molecule has 0 spiro atoms. The molecule has 1 aliphatic rings. The molecule has 0 aromatic carbocycles. The van der Waals surface area contributed by atoms with Gasteiger partial charge in [-0.1, -0.05) is 17.7 Å². The van der Waals surface area contributed by atoms with E-state index in [9.17, 15) is 0 Å². The van der Waals surface area contributed by atoms with Crippen molar-refractivity contribution in [1.82, 2.24) is 14.3 Å². The first kappa shape index (κ1) is 16.1. The number of imidazole rings is 1. The summed E-state index contributed by atoms with van der Waals surface area (Å²) in [5.41, 5.74) is 1.99. The van der Waals surface area contributed by atoms with Crippen LogP contribution in [-0.4, -0.2) is 33.5 Å². The van der Waals surface area contributed by atoms with E-state index in [2.05, 4.69) is 28.6 Å². The molecule has 1 fully saturated rings. The minimum atomic E-state index is 0.344. The van der Waals surface area contributed by atoms with Crippen molar-refractivity contribution >= 4 is 28.6 Å². The van der Waals surface area contributed by atoms with Gasteiger partial charge in [0.2, 0.25) is 0 Å². The lowest BCUT2D eigenvalue weighted by molar-refractivity contribution is 0.0679. The number of thiophene rings is 1. The van der Waals surface area contributed by atoms with E-state index in [1.54, 1.807) is 11.3 Å². The first-order chi connectivity index (χ1) is 11.8. The van der Waals surface area contributed by atoms with Gasteiger partial charge in [-0.25, -0.2) is 4.98 Å². The maximum absolute atomic E-state index is 6.07. The number of pyridine rings is 1. The largest absolute Gasteiger partial charge is 0.377 e. The van der Waals surface area contributed by atoms with Gasteiger partial charge in [0.25, 0.3) is 0 Å². The Hall–Kier alpha value is -1.40. The lowest BCUT2D eigenvalue weighted by Gasteiger charge is -2.23. The number of nitrogens with zero attached hydrogens (tertiary/aromatic N) is 3. The molecule has 0 radical (unpaired) electrons. The number of hydrogen-bond donors (Lipinski definition) is 0. The third kappa shape index (κ3) is 3.81. The highest BCUT2D eigenvalue weighted by molar-refractivity contribution is 7.09. The first-order valence-corrected chi connectivity index (χ1v) is 9.51. The molecule has 24 heavy (non-hydrogen) atoms. The molecule has 0 N–H and O–H groups in total. The third-order valence-corrected chi connectivity index (χ3v) is 5.38. The fraction of sp³-hybridized carbons (Fsp3) is 0.389. The Bertz CT molecular complexity index is 796. The van der Waals surface area contributed by atoms with Crippen LogP contribution in [0.5, 0.6) is 0 Å². The zero-order valence-corrected chi connectivity index (χ0v) is 15.0. The van der Waals surface area contributed by atoms with Crippen molar-refractivity contribution in [3.8, 4) is 0 Å². The molecule has 1 saturated heterocycles. The van der Waals surface area contributed by atoms with Crippen LogP contribution in [0.4, 0.5) is 0 Å². The van der Waals surface area contributed by atoms with Crippen LogP contribution in [0.1, 0.15) is 23.4 Å². The second kappa shape index (κ2) is 7.23. The minimum absolute atomic E-state index is 0.344. The maximum atomic E-state index is 6.07. The summed E-state index contributed by atoms with van der Waals surface area (Å²) < 4.78 is 7.83. The monoisotopic (exact) mass is 361 g/mol. The topological polar surface area (TPSA) is 29.8 Å². The zero-order valence-electron chi connectivity index (χ0n) is 13.4. The van der Waals surface area contributed by atoms with Crippen molar-refractivity contribution in [3.05, 3.63) is 57.6 Å². The Morgan fingerprint density at radius 3 is 3.04 bits per heavy atom. The van der Waals surface area contributed by atoms with Crippen LogP contribution in [0.15, 0.2) is 42.0 Å². The van der Waals surface area contributed by atoms with Crippen LogP contribution in [0.25, 0.3) is 5.65 Å². The standard InChI is InChI=1S/C18H20ClN3OS/c19-14-5-6-18-20-15(11-22(18)9-14)10-21(12-16-3-1-7-23-16)13-17-4-2-8-24-17/h2,4-6,8-9,11,16H,1,3,7,10,12-13H2. The molecule has 3 aromatic rings. The van der Waals surface area contributed by atoms with Gasteiger partial charge in [0.05, 0.1) is 16.8 Å². The highest BCUT2D eigenvalue weighted by Gasteiger charge is 2.20. The van der Waals surface area contributed by atoms with Gasteiger partial charge >= 0.3 is 0 Å². The summed E-state index contributed by atoms with van der Waals surface area (Å²) >= 11 is 7.87. The second-order valence-electron chi connectivity index (χ2n) is 6.23. The summed E-state index contributed by atoms with van der Waals surface area (Å²) in [7, 11) is 0. The van der Waals surface area contributed by atoms with Crippen molar-refractivity contribution in [3.63, 3.8) is 0 Å². The quantitative estimate of drug-likeness (QED) is 0.658. The Balaban J connectivity index is 1.52. The van der Waals surface area contributed by atoms with Gasteiger partial charge in [-0.3, -0.25) is 4.90 Å². The zero-order chi connectivity index (χ0) is 16.4. The molecule has 0 aliphatic carbocycles. The van der Waals surface area contributed by atoms with Gasteiger partial charge in [0.15, 0.2) is 0 Å². The van der Waals surface area contributed by atoms with E-state index in [0.717, 1.165) is 49.0 Å². The van der Waals surface area contributed by atoms with Gasteiger partial charge in [0, 0.05) is 43.5 Å². The highest BCUT2D eigenvalue weighted by atomic mass is 35.5. The van der Waals surface area contributed by atoms with E-state index < -0.39 is 0 Å². The van der Waals surface area contributed by atoms with E-state index in [0.29, 0.717) is 6.10 Å². The lowest BCUT2D eigenvalue weighted by Crippen LogP contribution is -2.31. The van der Waals surface area contributed by atoms with E-state index in [4.69, 9.17) is 21.3 Å². The van der Waals surface area contributed by atoms with Crippen LogP contribution in [0, 0.1) is 0 Å². The molecule has 1 atom stereocenters. The van der Waals surface area contributed by atoms with Gasteiger partial charge in [0.1, 0.15) is 5.65 Å². The van der Waals surface area contributed by atoms with Gasteiger partial charge < -0.3 is 9.14 Å². The molecular formula is C18H20ClN3OS. The molecule has 126 valence electrons. The number of halogens is 1. The summed E-state index contributed by atoms with van der Waals surface area (Å²) in [4.78, 5) is 8.53. The van der Waals surface area contributed by atoms with Crippen LogP contribution in [0.3, 0.4) is 0 Å². The molecule has 3 aromatic heterocycles. The van der Waals surface area contributed by atoms with Crippen molar-refractivity contribution in [2.24, 2.45) is 0 Å². The molecule has 0 bridgehead atoms. The first-order valence-electron chi connectivity index (χ1n) is 8.26. The average Bonchev–Trinajstić information content (AvgIpc) is 3.28. The number of rotatable bonds is 6. The average molecular weight is 362 g/mol. The fourth-order valence-electron chi connectivity index (χ4n) is 3.21. The highest BCUT2D eigenvalue weighted by Crippen LogP contribution is 2.19. The molecule has 0 amide bonds. The Morgan fingerprint density at radius 1 is 1.29 bits per heavy atom. The number of ether oxygens (including phenoxy) is 1. The fourth-order valence-corrected chi connectivity index (χ4v) is 4.12. The van der Waals surface area contributed by atoms with E-state index >= 15 is 0 Å². The Kier molecular flexibility index (Phi) is 4.85. The molecule has 6 heteroatoms. The SMILES string of the molecule is Clc1ccc2nc(CN(Cc3cccs3)CC3CCCO3)cn2c1. The number of aromatic nitrogens is 2. The third-order valence-electron chi connectivity index (χ3n) is 4.30. The van der Waals surface area contributed by atoms with Gasteiger partial charge in [-0.15, -0.1) is 11.3 Å². The summed E-state index contributed by atoms with van der Waals surface area (Å²) in [5.74, 6) is 0. The van der Waals surface area contributed by atoms with Crippen molar-refractivity contribution < 1.29 is 4.74 Å². The number of fused-ring (bicyclic) bond motifs is 1. The van der Waals surface area contributed by atoms with Crippen molar-refractivity contribution in [2.75, 3.05) is 13.2 Å². The van der Waals surface area contributed by atoms with E-state index in [1.807, 2.05) is 22.7 Å². The van der Waals surface area contributed by atoms with Crippen LogP contribution in [-0.2, 0) is 17.8 Å². The molecule has 1 aliphatic heterocycles. The predicted octanol–water partition coefficient (Wildman–Crippen LogP) is 4.23. The van der Waals surface area contributed by atoms with E-state index in [-0.39, 0.29) is 0 Å². The van der Waals surface area contributed by atoms with E-state index in [1.165, 1.54) is 11.3 Å². The molecule has 0 saturated carbocycles. The van der Waals surface area contributed by atoms with Gasteiger partial charge in [-0.2, -0.15) is 0 Å². The lowest BCUT2D eigenvalue weighted by atomic mass is 10.2. The summed E-state index contributed by atoms with van der Waals surface area (Å²) in [6, 6.07) is 8.13. The Labute approximate surface area is 150 Å². The van der Waals surface area contributed by atoms with Crippen molar-refractivity contribution in [1.29, 1.82) is 0 Å². The van der Waals surface area contributed by atoms with Crippen LogP contribution < -0.4 is 0 Å². The molecular weight excluding hydrogens is 342 g/mol. The number of hydrogen-bond acceptors (Lipinski definition) is 4. The Morgan fingerprint density at radius 2 is 2.25 bits per heavy atom.